The van der Waals surface area contributed by atoms with Gasteiger partial charge in [-0.1, -0.05) is 43.9 Å². The van der Waals surface area contributed by atoms with Gasteiger partial charge in [-0.2, -0.15) is 0 Å². The number of benzene rings is 2. The van der Waals surface area contributed by atoms with Crippen LogP contribution in [0.2, 0.25) is 0 Å². The van der Waals surface area contributed by atoms with Crippen LogP contribution in [0, 0.1) is 5.92 Å². The summed E-state index contributed by atoms with van der Waals surface area (Å²) in [5, 5.41) is 3.29. The molecule has 1 aliphatic carbocycles. The van der Waals surface area contributed by atoms with E-state index in [9.17, 15) is 4.79 Å². The van der Waals surface area contributed by atoms with Crippen molar-refractivity contribution in [3.63, 3.8) is 0 Å². The molecule has 160 valence electrons. The summed E-state index contributed by atoms with van der Waals surface area (Å²) < 4.78 is 16.2. The van der Waals surface area contributed by atoms with Crippen molar-refractivity contribution >= 4 is 5.91 Å². The predicted molar refractivity (Wildman–Crippen MR) is 116 cm³/mol. The molecule has 0 radical (unpaired) electrons. The van der Waals surface area contributed by atoms with E-state index in [0.717, 1.165) is 48.0 Å². The monoisotopic (exact) mass is 409 g/mol. The molecule has 5 heteroatoms. The topological polar surface area (TPSA) is 56.8 Å². The van der Waals surface area contributed by atoms with Crippen LogP contribution in [0.4, 0.5) is 0 Å². The number of fused-ring (bicyclic) bond motifs is 1. The van der Waals surface area contributed by atoms with Crippen LogP contribution in [0.5, 0.6) is 17.2 Å². The molecule has 1 atom stereocenters. The molecular weight excluding hydrogens is 378 g/mol. The van der Waals surface area contributed by atoms with Gasteiger partial charge >= 0.3 is 0 Å². The van der Waals surface area contributed by atoms with Crippen molar-refractivity contribution in [3.05, 3.63) is 53.6 Å². The Morgan fingerprint density at radius 3 is 2.50 bits per heavy atom. The summed E-state index contributed by atoms with van der Waals surface area (Å²) in [4.78, 5) is 12.7. The minimum atomic E-state index is 0.0230. The van der Waals surface area contributed by atoms with Crippen molar-refractivity contribution in [2.24, 2.45) is 5.92 Å². The summed E-state index contributed by atoms with van der Waals surface area (Å²) >= 11 is 0. The van der Waals surface area contributed by atoms with Crippen LogP contribution >= 0.6 is 0 Å². The SMILES string of the molecule is COc1ccc(CC(Cc2ccc3c(c2)OCO3)NC(=O)CCC2CCCC2)cc1. The summed E-state index contributed by atoms with van der Waals surface area (Å²) in [5.41, 5.74) is 2.31. The van der Waals surface area contributed by atoms with E-state index in [4.69, 9.17) is 14.2 Å². The first-order valence-corrected chi connectivity index (χ1v) is 11.0. The zero-order chi connectivity index (χ0) is 20.8. The second-order valence-electron chi connectivity index (χ2n) is 8.40. The van der Waals surface area contributed by atoms with E-state index in [1.54, 1.807) is 7.11 Å². The maximum atomic E-state index is 12.7. The van der Waals surface area contributed by atoms with Gasteiger partial charge in [0.1, 0.15) is 5.75 Å². The van der Waals surface area contributed by atoms with E-state index >= 15 is 0 Å². The van der Waals surface area contributed by atoms with Gasteiger partial charge in [-0.25, -0.2) is 0 Å². The molecule has 1 heterocycles. The fourth-order valence-electron chi connectivity index (χ4n) is 4.51. The van der Waals surface area contributed by atoms with E-state index in [0.29, 0.717) is 6.42 Å². The van der Waals surface area contributed by atoms with Crippen molar-refractivity contribution in [3.8, 4) is 17.2 Å². The largest absolute Gasteiger partial charge is 0.497 e. The Morgan fingerprint density at radius 2 is 1.73 bits per heavy atom. The number of carbonyl (C=O) groups excluding carboxylic acids is 1. The summed E-state index contributed by atoms with van der Waals surface area (Å²) in [7, 11) is 1.67. The molecule has 0 spiro atoms. The average molecular weight is 410 g/mol. The molecule has 2 aromatic rings. The lowest BCUT2D eigenvalue weighted by Crippen LogP contribution is -2.38. The quantitative estimate of drug-likeness (QED) is 0.654. The smallest absolute Gasteiger partial charge is 0.231 e. The highest BCUT2D eigenvalue weighted by molar-refractivity contribution is 5.76. The van der Waals surface area contributed by atoms with Gasteiger partial charge in [-0.3, -0.25) is 4.79 Å². The summed E-state index contributed by atoms with van der Waals surface area (Å²) in [6.07, 6.45) is 8.33. The van der Waals surface area contributed by atoms with Gasteiger partial charge in [0.2, 0.25) is 12.7 Å². The average Bonchev–Trinajstić information content (AvgIpc) is 3.44. The minimum Gasteiger partial charge on any atom is -0.497 e. The Kier molecular flexibility index (Phi) is 6.77. The van der Waals surface area contributed by atoms with Crippen molar-refractivity contribution < 1.29 is 19.0 Å². The van der Waals surface area contributed by atoms with Crippen LogP contribution in [-0.2, 0) is 17.6 Å². The molecule has 1 saturated carbocycles. The Hall–Kier alpha value is -2.69. The molecule has 0 aromatic heterocycles. The summed E-state index contributed by atoms with van der Waals surface area (Å²) in [5.74, 6) is 3.28. The number of ether oxygens (including phenoxy) is 3. The molecule has 1 fully saturated rings. The normalized spacial score (nSPS) is 16.4. The Labute approximate surface area is 178 Å². The third-order valence-electron chi connectivity index (χ3n) is 6.18. The van der Waals surface area contributed by atoms with Crippen molar-refractivity contribution in [2.75, 3.05) is 13.9 Å². The highest BCUT2D eigenvalue weighted by atomic mass is 16.7. The summed E-state index contributed by atoms with van der Waals surface area (Å²) in [6.45, 7) is 0.270. The van der Waals surface area contributed by atoms with E-state index in [1.807, 2.05) is 24.3 Å². The third-order valence-corrected chi connectivity index (χ3v) is 6.18. The van der Waals surface area contributed by atoms with Crippen LogP contribution in [0.15, 0.2) is 42.5 Å². The lowest BCUT2D eigenvalue weighted by atomic mass is 9.97. The minimum absolute atomic E-state index is 0.0230. The summed E-state index contributed by atoms with van der Waals surface area (Å²) in [6, 6.07) is 14.1. The van der Waals surface area contributed by atoms with Gasteiger partial charge in [-0.05, 0) is 60.6 Å². The molecule has 0 bridgehead atoms. The van der Waals surface area contributed by atoms with Gasteiger partial charge in [0.05, 0.1) is 7.11 Å². The van der Waals surface area contributed by atoms with Gasteiger partial charge in [0, 0.05) is 12.5 Å². The highest BCUT2D eigenvalue weighted by Crippen LogP contribution is 2.33. The number of amides is 1. The second kappa shape index (κ2) is 9.88. The second-order valence-corrected chi connectivity index (χ2v) is 8.40. The van der Waals surface area contributed by atoms with Crippen LogP contribution in [0.25, 0.3) is 0 Å². The standard InChI is InChI=1S/C25H31NO4/c1-28-22-10-6-19(7-11-22)14-21(26-25(27)13-9-18-4-2-3-5-18)15-20-8-12-23-24(16-20)30-17-29-23/h6-8,10-12,16,18,21H,2-5,9,13-15,17H2,1H3,(H,26,27). The molecule has 0 saturated heterocycles. The number of hydrogen-bond donors (Lipinski definition) is 1. The fourth-order valence-corrected chi connectivity index (χ4v) is 4.51. The molecule has 5 nitrogen and oxygen atoms in total. The predicted octanol–water partition coefficient (Wildman–Crippen LogP) is 4.66. The van der Waals surface area contributed by atoms with Crippen LogP contribution in [-0.4, -0.2) is 25.9 Å². The van der Waals surface area contributed by atoms with Crippen molar-refractivity contribution in [2.45, 2.75) is 57.4 Å². The first-order valence-electron chi connectivity index (χ1n) is 11.0. The van der Waals surface area contributed by atoms with Gasteiger partial charge in [0.25, 0.3) is 0 Å². The van der Waals surface area contributed by atoms with Crippen LogP contribution in [0.1, 0.15) is 49.7 Å². The van der Waals surface area contributed by atoms with E-state index in [-0.39, 0.29) is 18.7 Å². The first kappa shape index (κ1) is 20.6. The van der Waals surface area contributed by atoms with Gasteiger partial charge < -0.3 is 19.5 Å². The number of carbonyl (C=O) groups is 1. The molecule has 4 rings (SSSR count). The van der Waals surface area contributed by atoms with Crippen molar-refractivity contribution in [1.82, 2.24) is 5.32 Å². The molecular formula is C25H31NO4. The highest BCUT2D eigenvalue weighted by Gasteiger charge is 2.20. The molecule has 2 aromatic carbocycles. The molecule has 30 heavy (non-hydrogen) atoms. The maximum Gasteiger partial charge on any atom is 0.231 e. The zero-order valence-corrected chi connectivity index (χ0v) is 17.7. The van der Waals surface area contributed by atoms with Gasteiger partial charge in [-0.15, -0.1) is 0 Å². The van der Waals surface area contributed by atoms with E-state index in [1.165, 1.54) is 31.2 Å². The fraction of sp³-hybridized carbons (Fsp3) is 0.480. The third kappa shape index (κ3) is 5.47. The Morgan fingerprint density at radius 1 is 1.03 bits per heavy atom. The van der Waals surface area contributed by atoms with E-state index in [2.05, 4.69) is 23.5 Å². The lowest BCUT2D eigenvalue weighted by Gasteiger charge is -2.20. The molecule has 2 aliphatic rings. The van der Waals surface area contributed by atoms with Crippen molar-refractivity contribution in [1.29, 1.82) is 0 Å². The molecule has 1 amide bonds. The molecule has 1 unspecified atom stereocenters. The lowest BCUT2D eigenvalue weighted by molar-refractivity contribution is -0.122. The molecule has 1 aliphatic heterocycles. The maximum absolute atomic E-state index is 12.7. The van der Waals surface area contributed by atoms with E-state index < -0.39 is 0 Å². The Balaban J connectivity index is 1.41. The first-order chi connectivity index (χ1) is 14.7. The number of nitrogens with one attached hydrogen (secondary N) is 1. The zero-order valence-electron chi connectivity index (χ0n) is 17.7. The van der Waals surface area contributed by atoms with Crippen LogP contribution in [0.3, 0.4) is 0 Å². The van der Waals surface area contributed by atoms with Gasteiger partial charge in [0.15, 0.2) is 11.5 Å². The number of methoxy groups -OCH3 is 1. The molecule has 1 N–H and O–H groups in total. The number of hydrogen-bond acceptors (Lipinski definition) is 4. The van der Waals surface area contributed by atoms with Crippen LogP contribution < -0.4 is 19.5 Å². The number of rotatable bonds is 9. The Bertz CT molecular complexity index is 843.